The number of nitrogens with two attached hydrogens (primary N) is 1. The second kappa shape index (κ2) is 5.93. The van der Waals surface area contributed by atoms with Gasteiger partial charge in [0.25, 0.3) is 0 Å². The summed E-state index contributed by atoms with van der Waals surface area (Å²) in [4.78, 5) is 0. The Morgan fingerprint density at radius 3 is 2.58 bits per heavy atom. The van der Waals surface area contributed by atoms with E-state index < -0.39 is 0 Å². The number of hydrogen-bond donors (Lipinski definition) is 1. The van der Waals surface area contributed by atoms with E-state index in [2.05, 4.69) is 15.9 Å². The van der Waals surface area contributed by atoms with E-state index in [9.17, 15) is 4.39 Å². The summed E-state index contributed by atoms with van der Waals surface area (Å²) in [5.74, 6) is 0.944. The van der Waals surface area contributed by atoms with Crippen molar-refractivity contribution in [3.63, 3.8) is 0 Å². The third-order valence-corrected chi connectivity index (χ3v) is 3.20. The maximum Gasteiger partial charge on any atom is 0.134 e. The molecule has 2 N–H and O–H groups in total. The van der Waals surface area contributed by atoms with Crippen LogP contribution in [-0.2, 0) is 6.61 Å². The van der Waals surface area contributed by atoms with E-state index >= 15 is 0 Å². The minimum atomic E-state index is -0.319. The molecule has 0 aliphatic rings. The zero-order chi connectivity index (χ0) is 13.8. The first-order valence-corrected chi connectivity index (χ1v) is 6.39. The summed E-state index contributed by atoms with van der Waals surface area (Å²) in [5.41, 5.74) is 7.20. The third kappa shape index (κ3) is 3.38. The molecule has 100 valence electrons. The first kappa shape index (κ1) is 13.7. The molecule has 2 aromatic carbocycles. The molecule has 2 aromatic rings. The van der Waals surface area contributed by atoms with Crippen LogP contribution in [0.2, 0.25) is 0 Å². The Morgan fingerprint density at radius 1 is 1.16 bits per heavy atom. The lowest BCUT2D eigenvalue weighted by Gasteiger charge is -2.12. The molecule has 0 aliphatic heterocycles. The van der Waals surface area contributed by atoms with Crippen LogP contribution in [-0.4, -0.2) is 7.11 Å². The summed E-state index contributed by atoms with van der Waals surface area (Å²) in [6.45, 7) is 0.290. The molecule has 0 aromatic heterocycles. The molecule has 0 saturated heterocycles. The predicted octanol–water partition coefficient (Wildman–Crippen LogP) is 3.76. The van der Waals surface area contributed by atoms with Crippen LogP contribution in [0.25, 0.3) is 0 Å². The minimum absolute atomic E-state index is 0.290. The molecule has 0 radical (unpaired) electrons. The molecule has 0 atom stereocenters. The molecule has 2 rings (SSSR count). The standard InChI is InChI=1S/C14H13BrFNO2/c1-18-13-5-3-11(17)6-9(13)8-19-14-4-2-10(16)7-12(14)15/h2-7H,8,17H2,1H3. The fraction of sp³-hybridized carbons (Fsp3) is 0.143. The van der Waals surface area contributed by atoms with Crippen molar-refractivity contribution in [1.29, 1.82) is 0 Å². The van der Waals surface area contributed by atoms with Gasteiger partial charge in [-0.15, -0.1) is 0 Å². The second-order valence-electron chi connectivity index (χ2n) is 3.93. The first-order chi connectivity index (χ1) is 9.10. The van der Waals surface area contributed by atoms with Gasteiger partial charge < -0.3 is 15.2 Å². The second-order valence-corrected chi connectivity index (χ2v) is 4.79. The predicted molar refractivity (Wildman–Crippen MR) is 75.8 cm³/mol. The summed E-state index contributed by atoms with van der Waals surface area (Å²) < 4.78 is 24.4. The van der Waals surface area contributed by atoms with Crippen LogP contribution < -0.4 is 15.2 Å². The molecule has 19 heavy (non-hydrogen) atoms. The zero-order valence-electron chi connectivity index (χ0n) is 10.3. The van der Waals surface area contributed by atoms with Crippen LogP contribution in [0.15, 0.2) is 40.9 Å². The van der Waals surface area contributed by atoms with E-state index in [1.165, 1.54) is 12.1 Å². The topological polar surface area (TPSA) is 44.5 Å². The van der Waals surface area contributed by atoms with Crippen molar-refractivity contribution in [1.82, 2.24) is 0 Å². The van der Waals surface area contributed by atoms with E-state index in [0.29, 0.717) is 28.3 Å². The van der Waals surface area contributed by atoms with E-state index in [0.717, 1.165) is 5.56 Å². The molecule has 3 nitrogen and oxygen atoms in total. The number of rotatable bonds is 4. The van der Waals surface area contributed by atoms with Crippen molar-refractivity contribution >= 4 is 21.6 Å². The third-order valence-electron chi connectivity index (χ3n) is 2.58. The number of anilines is 1. The molecule has 0 amide bonds. The van der Waals surface area contributed by atoms with Crippen molar-refractivity contribution in [3.8, 4) is 11.5 Å². The van der Waals surface area contributed by atoms with Crippen LogP contribution >= 0.6 is 15.9 Å². The number of nitrogen functional groups attached to an aromatic ring is 1. The van der Waals surface area contributed by atoms with Crippen LogP contribution in [0, 0.1) is 5.82 Å². The summed E-state index contributed by atoms with van der Waals surface area (Å²) in [7, 11) is 1.59. The van der Waals surface area contributed by atoms with Gasteiger partial charge in [0.05, 0.1) is 11.6 Å². The maximum atomic E-state index is 13.0. The monoisotopic (exact) mass is 325 g/mol. The van der Waals surface area contributed by atoms with Crippen molar-refractivity contribution in [2.24, 2.45) is 0 Å². The Balaban J connectivity index is 2.16. The summed E-state index contributed by atoms with van der Waals surface area (Å²) in [6, 6.07) is 9.60. The average Bonchev–Trinajstić information content (AvgIpc) is 2.38. The molecule has 0 heterocycles. The number of ether oxygens (including phenoxy) is 2. The van der Waals surface area contributed by atoms with Crippen molar-refractivity contribution < 1.29 is 13.9 Å². The quantitative estimate of drug-likeness (QED) is 0.870. The Bertz CT molecular complexity index is 590. The molecule has 0 bridgehead atoms. The highest BCUT2D eigenvalue weighted by molar-refractivity contribution is 9.10. The smallest absolute Gasteiger partial charge is 0.134 e. The molecular formula is C14H13BrFNO2. The highest BCUT2D eigenvalue weighted by Crippen LogP contribution is 2.28. The fourth-order valence-corrected chi connectivity index (χ4v) is 2.12. The normalized spacial score (nSPS) is 10.3. The van der Waals surface area contributed by atoms with Gasteiger partial charge in [0.2, 0.25) is 0 Å². The fourth-order valence-electron chi connectivity index (χ4n) is 1.66. The van der Waals surface area contributed by atoms with E-state index in [1.54, 1.807) is 31.4 Å². The van der Waals surface area contributed by atoms with E-state index in [-0.39, 0.29) is 5.82 Å². The average molecular weight is 326 g/mol. The SMILES string of the molecule is COc1ccc(N)cc1COc1ccc(F)cc1Br. The minimum Gasteiger partial charge on any atom is -0.496 e. The number of hydrogen-bond acceptors (Lipinski definition) is 3. The Hall–Kier alpha value is -1.75. The van der Waals surface area contributed by atoms with Gasteiger partial charge in [0.15, 0.2) is 0 Å². The summed E-state index contributed by atoms with van der Waals surface area (Å²) >= 11 is 3.25. The van der Waals surface area contributed by atoms with Gasteiger partial charge in [-0.05, 0) is 52.3 Å². The highest BCUT2D eigenvalue weighted by atomic mass is 79.9. The molecule has 0 spiro atoms. The highest BCUT2D eigenvalue weighted by Gasteiger charge is 2.07. The van der Waals surface area contributed by atoms with Gasteiger partial charge >= 0.3 is 0 Å². The van der Waals surface area contributed by atoms with Gasteiger partial charge in [-0.2, -0.15) is 0 Å². The Morgan fingerprint density at radius 2 is 1.89 bits per heavy atom. The molecule has 0 unspecified atom stereocenters. The van der Waals surface area contributed by atoms with Crippen molar-refractivity contribution in [2.45, 2.75) is 6.61 Å². The lowest BCUT2D eigenvalue weighted by Crippen LogP contribution is -2.00. The molecular weight excluding hydrogens is 313 g/mol. The lowest BCUT2D eigenvalue weighted by molar-refractivity contribution is 0.294. The van der Waals surface area contributed by atoms with Gasteiger partial charge in [0.1, 0.15) is 23.9 Å². The molecule has 0 fully saturated rings. The van der Waals surface area contributed by atoms with E-state index in [1.807, 2.05) is 0 Å². The first-order valence-electron chi connectivity index (χ1n) is 5.60. The van der Waals surface area contributed by atoms with Crippen LogP contribution in [0.4, 0.5) is 10.1 Å². The van der Waals surface area contributed by atoms with E-state index in [4.69, 9.17) is 15.2 Å². The summed E-state index contributed by atoms with van der Waals surface area (Å²) in [5, 5.41) is 0. The molecule has 5 heteroatoms. The van der Waals surface area contributed by atoms with Gasteiger partial charge in [-0.1, -0.05) is 0 Å². The lowest BCUT2D eigenvalue weighted by atomic mass is 10.2. The molecule has 0 aliphatic carbocycles. The number of halogens is 2. The summed E-state index contributed by atoms with van der Waals surface area (Å²) in [6.07, 6.45) is 0. The van der Waals surface area contributed by atoms with Crippen LogP contribution in [0.1, 0.15) is 5.56 Å². The van der Waals surface area contributed by atoms with Crippen molar-refractivity contribution in [3.05, 3.63) is 52.3 Å². The van der Waals surface area contributed by atoms with Crippen LogP contribution in [0.3, 0.4) is 0 Å². The number of methoxy groups -OCH3 is 1. The van der Waals surface area contributed by atoms with Gasteiger partial charge in [-0.25, -0.2) is 4.39 Å². The zero-order valence-corrected chi connectivity index (χ0v) is 11.9. The Labute approximate surface area is 119 Å². The maximum absolute atomic E-state index is 13.0. The van der Waals surface area contributed by atoms with Gasteiger partial charge in [0, 0.05) is 11.3 Å². The van der Waals surface area contributed by atoms with Gasteiger partial charge in [-0.3, -0.25) is 0 Å². The Kier molecular flexibility index (Phi) is 4.27. The molecule has 0 saturated carbocycles. The van der Waals surface area contributed by atoms with Crippen molar-refractivity contribution in [2.75, 3.05) is 12.8 Å². The van der Waals surface area contributed by atoms with Crippen LogP contribution in [0.5, 0.6) is 11.5 Å². The largest absolute Gasteiger partial charge is 0.496 e. The number of benzene rings is 2.